The maximum Gasteiger partial charge on any atom is 0.518 e. The molecule has 0 aliphatic rings. The zero-order valence-electron chi connectivity index (χ0n) is 9.68. The molecule has 0 rings (SSSR count). The Hall–Kier alpha value is 0.247. The van der Waals surface area contributed by atoms with Crippen LogP contribution in [0.15, 0.2) is 0 Å². The molecule has 1 unspecified atom stereocenters. The summed E-state index contributed by atoms with van der Waals surface area (Å²) in [4.78, 5) is 18.7. The number of hydrogen-bond acceptors (Lipinski definition) is 4. The van der Waals surface area contributed by atoms with E-state index < -0.39 is 21.2 Å². The molecule has 8 heteroatoms. The van der Waals surface area contributed by atoms with Crippen LogP contribution in [-0.4, -0.2) is 44.7 Å². The van der Waals surface area contributed by atoms with E-state index in [-0.39, 0.29) is 6.42 Å². The van der Waals surface area contributed by atoms with E-state index in [1.807, 2.05) is 0 Å². The Morgan fingerprint density at radius 1 is 1.20 bits per heavy atom. The third-order valence-corrected chi connectivity index (χ3v) is 9.38. The summed E-state index contributed by atoms with van der Waals surface area (Å²) in [6.45, 7) is 3.09. The van der Waals surface area contributed by atoms with Crippen LogP contribution in [0.3, 0.4) is 0 Å². The standard InChI is InChI=1S/C7H19O6PSi/c1-6-7(2,14(8,9)10)15(11-3,12-4)13-5/h6H2,1-5H3,(H2,8,9,10). The fourth-order valence-electron chi connectivity index (χ4n) is 1.51. The van der Waals surface area contributed by atoms with Gasteiger partial charge in [-0.1, -0.05) is 6.92 Å². The van der Waals surface area contributed by atoms with Gasteiger partial charge in [0.2, 0.25) is 0 Å². The maximum atomic E-state index is 11.5. The normalized spacial score (nSPS) is 17.5. The lowest BCUT2D eigenvalue weighted by Crippen LogP contribution is -2.61. The van der Waals surface area contributed by atoms with E-state index in [0.29, 0.717) is 0 Å². The molecule has 6 nitrogen and oxygen atoms in total. The van der Waals surface area contributed by atoms with Crippen LogP contribution >= 0.6 is 7.60 Å². The molecule has 0 saturated heterocycles. The summed E-state index contributed by atoms with van der Waals surface area (Å²) in [5.41, 5.74) is 0. The lowest BCUT2D eigenvalue weighted by molar-refractivity contribution is 0.102. The Bertz CT molecular complexity index is 242. The second kappa shape index (κ2) is 5.05. The molecular weight excluding hydrogens is 239 g/mol. The van der Waals surface area contributed by atoms with E-state index >= 15 is 0 Å². The van der Waals surface area contributed by atoms with Gasteiger partial charge in [0.1, 0.15) is 4.78 Å². The highest BCUT2D eigenvalue weighted by molar-refractivity contribution is 7.56. The molecule has 0 fully saturated rings. The van der Waals surface area contributed by atoms with E-state index in [0.717, 1.165) is 0 Å². The predicted molar refractivity (Wildman–Crippen MR) is 57.5 cm³/mol. The van der Waals surface area contributed by atoms with Crippen LogP contribution in [0.4, 0.5) is 0 Å². The minimum Gasteiger partial charge on any atom is -0.376 e. The van der Waals surface area contributed by atoms with Gasteiger partial charge in [-0.2, -0.15) is 0 Å². The molecule has 1 atom stereocenters. The van der Waals surface area contributed by atoms with Gasteiger partial charge in [-0.15, -0.1) is 0 Å². The highest BCUT2D eigenvalue weighted by Crippen LogP contribution is 2.57. The summed E-state index contributed by atoms with van der Waals surface area (Å²) < 4.78 is 25.4. The van der Waals surface area contributed by atoms with Gasteiger partial charge in [-0.25, -0.2) is 0 Å². The zero-order valence-corrected chi connectivity index (χ0v) is 11.6. The first-order valence-corrected chi connectivity index (χ1v) is 7.79. The van der Waals surface area contributed by atoms with Crippen molar-refractivity contribution in [3.63, 3.8) is 0 Å². The average molecular weight is 258 g/mol. The monoisotopic (exact) mass is 258 g/mol. The molecule has 2 N–H and O–H groups in total. The maximum absolute atomic E-state index is 11.5. The minimum atomic E-state index is -4.37. The van der Waals surface area contributed by atoms with Crippen LogP contribution in [0.5, 0.6) is 0 Å². The van der Waals surface area contributed by atoms with Gasteiger partial charge in [-0.3, -0.25) is 4.57 Å². The quantitative estimate of drug-likeness (QED) is 0.540. The summed E-state index contributed by atoms with van der Waals surface area (Å²) in [7, 11) is -3.73. The fourth-order valence-corrected chi connectivity index (χ4v) is 6.42. The van der Waals surface area contributed by atoms with Crippen LogP contribution < -0.4 is 0 Å². The molecule has 0 aromatic rings. The SMILES string of the molecule is CCC(C)([Si](OC)(OC)OC)P(=O)(O)O. The van der Waals surface area contributed by atoms with Crippen molar-refractivity contribution in [2.24, 2.45) is 0 Å². The van der Waals surface area contributed by atoms with Crippen LogP contribution in [-0.2, 0) is 17.8 Å². The van der Waals surface area contributed by atoms with Crippen LogP contribution in [0.1, 0.15) is 20.3 Å². The summed E-state index contributed by atoms with van der Waals surface area (Å²) >= 11 is 0. The van der Waals surface area contributed by atoms with Crippen molar-refractivity contribution in [1.29, 1.82) is 0 Å². The molecule has 0 heterocycles. The Morgan fingerprint density at radius 2 is 1.53 bits per heavy atom. The van der Waals surface area contributed by atoms with Crippen LogP contribution in [0.2, 0.25) is 0 Å². The van der Waals surface area contributed by atoms with E-state index in [1.165, 1.54) is 28.3 Å². The van der Waals surface area contributed by atoms with Crippen molar-refractivity contribution in [2.45, 2.75) is 25.0 Å². The first-order chi connectivity index (χ1) is 6.74. The highest BCUT2D eigenvalue weighted by atomic mass is 31.2. The largest absolute Gasteiger partial charge is 0.518 e. The van der Waals surface area contributed by atoms with Crippen LogP contribution in [0, 0.1) is 0 Å². The molecule has 0 aromatic heterocycles. The smallest absolute Gasteiger partial charge is 0.376 e. The highest BCUT2D eigenvalue weighted by Gasteiger charge is 2.65. The summed E-state index contributed by atoms with van der Waals surface area (Å²) in [6.07, 6.45) is 0.207. The summed E-state index contributed by atoms with van der Waals surface area (Å²) in [5.74, 6) is 0. The molecule has 0 aliphatic carbocycles. The third-order valence-electron chi connectivity index (χ3n) is 2.80. The second-order valence-corrected chi connectivity index (χ2v) is 9.28. The molecule has 0 amide bonds. The molecule has 0 aliphatic heterocycles. The second-order valence-electron chi connectivity index (χ2n) is 3.34. The zero-order chi connectivity index (χ0) is 12.3. The summed E-state index contributed by atoms with van der Waals surface area (Å²) in [5, 5.41) is 0. The average Bonchev–Trinajstić information content (AvgIpc) is 2.19. The van der Waals surface area contributed by atoms with E-state index in [2.05, 4.69) is 0 Å². The van der Waals surface area contributed by atoms with Gasteiger partial charge in [0.25, 0.3) is 0 Å². The fraction of sp³-hybridized carbons (Fsp3) is 1.00. The van der Waals surface area contributed by atoms with Gasteiger partial charge < -0.3 is 23.1 Å². The molecule has 92 valence electrons. The van der Waals surface area contributed by atoms with Gasteiger partial charge >= 0.3 is 16.4 Å². The molecule has 0 spiro atoms. The first-order valence-electron chi connectivity index (χ1n) is 4.45. The third kappa shape index (κ3) is 2.34. The predicted octanol–water partition coefficient (Wildman–Crippen LogP) is 0.750. The van der Waals surface area contributed by atoms with Crippen molar-refractivity contribution in [3.8, 4) is 0 Å². The Balaban J connectivity index is 5.51. The Labute approximate surface area is 91.1 Å². The number of rotatable bonds is 6. The van der Waals surface area contributed by atoms with Crippen molar-refractivity contribution in [3.05, 3.63) is 0 Å². The van der Waals surface area contributed by atoms with Crippen molar-refractivity contribution in [1.82, 2.24) is 0 Å². The lowest BCUT2D eigenvalue weighted by atomic mass is 10.4. The molecule has 0 bridgehead atoms. The first kappa shape index (κ1) is 15.2. The van der Waals surface area contributed by atoms with Gasteiger partial charge in [-0.05, 0) is 13.3 Å². The van der Waals surface area contributed by atoms with Crippen molar-refractivity contribution < 1.29 is 27.6 Å². The molecular formula is C7H19O6PSi. The van der Waals surface area contributed by atoms with Gasteiger partial charge in [0.15, 0.2) is 0 Å². The molecule has 15 heavy (non-hydrogen) atoms. The summed E-state index contributed by atoms with van der Waals surface area (Å²) in [6, 6.07) is 0. The lowest BCUT2D eigenvalue weighted by Gasteiger charge is -2.40. The van der Waals surface area contributed by atoms with Crippen molar-refractivity contribution >= 4 is 16.4 Å². The van der Waals surface area contributed by atoms with E-state index in [9.17, 15) is 14.4 Å². The topological polar surface area (TPSA) is 85.2 Å². The van der Waals surface area contributed by atoms with Crippen molar-refractivity contribution in [2.75, 3.05) is 21.3 Å². The Morgan fingerprint density at radius 3 is 1.60 bits per heavy atom. The number of hydrogen-bond donors (Lipinski definition) is 2. The van der Waals surface area contributed by atoms with E-state index in [4.69, 9.17) is 13.3 Å². The molecule has 0 saturated carbocycles. The van der Waals surface area contributed by atoms with Gasteiger partial charge in [0, 0.05) is 21.3 Å². The van der Waals surface area contributed by atoms with Crippen LogP contribution in [0.25, 0.3) is 0 Å². The van der Waals surface area contributed by atoms with Gasteiger partial charge in [0.05, 0.1) is 0 Å². The van der Waals surface area contributed by atoms with E-state index in [1.54, 1.807) is 6.92 Å². The Kier molecular flexibility index (Phi) is 5.13. The minimum absolute atomic E-state index is 0.207. The molecule has 0 radical (unpaired) electrons. The molecule has 0 aromatic carbocycles.